The van der Waals surface area contributed by atoms with Gasteiger partial charge in [-0.2, -0.15) is 13.2 Å². The Bertz CT molecular complexity index is 1710. The number of carbonyl (C=O) groups is 3. The average molecular weight is 686 g/mol. The zero-order chi connectivity index (χ0) is 35.8. The number of nitrogens with one attached hydrogen (secondary N) is 1. The van der Waals surface area contributed by atoms with E-state index < -0.39 is 12.1 Å². The third-order valence-corrected chi connectivity index (χ3v) is 8.18. The molecule has 1 aliphatic heterocycles. The molecule has 0 unspecified atom stereocenters. The van der Waals surface area contributed by atoms with Gasteiger partial charge in [0.2, 0.25) is 5.91 Å². The predicted octanol–water partition coefficient (Wildman–Crippen LogP) is 7.49. The molecule has 5 rings (SSSR count). The van der Waals surface area contributed by atoms with Gasteiger partial charge in [0.05, 0.1) is 0 Å². The molecule has 1 heterocycles. The Morgan fingerprint density at radius 2 is 1.40 bits per heavy atom. The van der Waals surface area contributed by atoms with Crippen LogP contribution in [0, 0.1) is 0 Å². The number of nitrogens with zero attached hydrogens (tertiary/aromatic N) is 2. The Morgan fingerprint density at radius 1 is 0.800 bits per heavy atom. The second-order valence-electron chi connectivity index (χ2n) is 12.0. The second kappa shape index (κ2) is 19.1. The van der Waals surface area contributed by atoms with Crippen molar-refractivity contribution < 1.29 is 32.7 Å². The number of carboxylic acids is 1. The first-order chi connectivity index (χ1) is 24.1. The van der Waals surface area contributed by atoms with E-state index in [4.69, 9.17) is 9.90 Å². The van der Waals surface area contributed by atoms with Crippen molar-refractivity contribution in [3.05, 3.63) is 138 Å². The first-order valence-electron chi connectivity index (χ1n) is 16.6. The molecular formula is C40H42F3N3O4. The molecule has 2 N–H and O–H groups in total. The first kappa shape index (κ1) is 37.6. The monoisotopic (exact) mass is 685 g/mol. The minimum atomic E-state index is -5.08. The summed E-state index contributed by atoms with van der Waals surface area (Å²) in [5, 5.41) is 10.2. The number of carbonyl (C=O) groups excluding carboxylic acids is 2. The first-order valence-corrected chi connectivity index (χ1v) is 16.6. The van der Waals surface area contributed by atoms with Crippen molar-refractivity contribution in [1.82, 2.24) is 15.1 Å². The molecule has 7 nitrogen and oxygen atoms in total. The van der Waals surface area contributed by atoms with Gasteiger partial charge in [-0.15, -0.1) is 0 Å². The molecular weight excluding hydrogens is 643 g/mol. The molecule has 0 atom stereocenters. The summed E-state index contributed by atoms with van der Waals surface area (Å²) in [6.45, 7) is 4.98. The Kier molecular flexibility index (Phi) is 14.4. The van der Waals surface area contributed by atoms with Crippen LogP contribution in [0.4, 0.5) is 13.2 Å². The lowest BCUT2D eigenvalue weighted by molar-refractivity contribution is -0.192. The Balaban J connectivity index is 0.000000727. The van der Waals surface area contributed by atoms with Gasteiger partial charge in [-0.3, -0.25) is 9.59 Å². The van der Waals surface area contributed by atoms with Crippen LogP contribution in [-0.2, 0) is 22.6 Å². The highest BCUT2D eigenvalue weighted by Crippen LogP contribution is 2.23. The van der Waals surface area contributed by atoms with E-state index in [2.05, 4.69) is 52.7 Å². The molecule has 1 aliphatic rings. The lowest BCUT2D eigenvalue weighted by atomic mass is 10.0. The summed E-state index contributed by atoms with van der Waals surface area (Å²) in [6.07, 6.45) is 2.76. The summed E-state index contributed by atoms with van der Waals surface area (Å²) >= 11 is 0. The van der Waals surface area contributed by atoms with Crippen LogP contribution in [0.15, 0.2) is 115 Å². The maximum Gasteiger partial charge on any atom is 0.490 e. The number of benzene rings is 4. The summed E-state index contributed by atoms with van der Waals surface area (Å²) in [6, 6.07) is 36.4. The van der Waals surface area contributed by atoms with Crippen LogP contribution in [0.1, 0.15) is 46.3 Å². The van der Waals surface area contributed by atoms with Crippen molar-refractivity contribution in [1.29, 1.82) is 0 Å². The molecule has 0 saturated carbocycles. The van der Waals surface area contributed by atoms with Crippen LogP contribution < -0.4 is 5.32 Å². The topological polar surface area (TPSA) is 90.0 Å². The van der Waals surface area contributed by atoms with Gasteiger partial charge < -0.3 is 20.2 Å². The third kappa shape index (κ3) is 12.7. The van der Waals surface area contributed by atoms with Crippen molar-refractivity contribution in [2.45, 2.75) is 38.4 Å². The van der Waals surface area contributed by atoms with E-state index in [9.17, 15) is 22.8 Å². The number of amides is 2. The van der Waals surface area contributed by atoms with Crippen LogP contribution in [0.2, 0.25) is 0 Å². The van der Waals surface area contributed by atoms with E-state index in [1.165, 1.54) is 18.4 Å². The molecule has 0 bridgehead atoms. The lowest BCUT2D eigenvalue weighted by Gasteiger charge is -2.22. The van der Waals surface area contributed by atoms with Gasteiger partial charge in [0.1, 0.15) is 0 Å². The Hall–Kier alpha value is -5.22. The quantitative estimate of drug-likeness (QED) is 0.143. The molecule has 50 heavy (non-hydrogen) atoms. The maximum atomic E-state index is 13.4. The van der Waals surface area contributed by atoms with Crippen molar-refractivity contribution in [3.8, 4) is 11.1 Å². The van der Waals surface area contributed by atoms with Gasteiger partial charge in [0.25, 0.3) is 5.91 Å². The number of halogens is 3. The summed E-state index contributed by atoms with van der Waals surface area (Å²) < 4.78 is 31.7. The van der Waals surface area contributed by atoms with Gasteiger partial charge >= 0.3 is 12.1 Å². The average Bonchev–Trinajstić information content (AvgIpc) is 3.65. The molecule has 262 valence electrons. The normalized spacial score (nSPS) is 13.0. The third-order valence-electron chi connectivity index (χ3n) is 8.18. The number of hydrogen-bond acceptors (Lipinski definition) is 4. The standard InChI is InChI=1S/C38H41N3O2.C2HF3O2/c42-37(22-21-32-14-5-2-6-15-32)41(26-11-17-31-12-3-1-4-13-31)30-33-16-9-18-34(28-33)35-19-10-20-36(29-35)38(43)39-23-27-40-24-7-8-25-40;3-2(4,5)1(6)7/h1-6,9-10,12-16,18-22,28-29H,7-8,11,17,23-27,30H2,(H,39,43);(H,6,7)/b22-21+;. The van der Waals surface area contributed by atoms with Crippen LogP contribution in [0.3, 0.4) is 0 Å². The maximum absolute atomic E-state index is 13.4. The SMILES string of the molecule is O=C(NCCN1CCCC1)c1cccc(-c2cccc(CN(CCCc3ccccc3)C(=O)/C=C/c3ccccc3)c2)c1.O=C(O)C(F)(F)F. The Morgan fingerprint density at radius 3 is 2.06 bits per heavy atom. The Labute approximate surface area is 291 Å². The highest BCUT2D eigenvalue weighted by atomic mass is 19.4. The van der Waals surface area contributed by atoms with Crippen LogP contribution in [0.5, 0.6) is 0 Å². The van der Waals surface area contributed by atoms with Crippen molar-refractivity contribution >= 4 is 23.9 Å². The van der Waals surface area contributed by atoms with E-state index >= 15 is 0 Å². The zero-order valence-electron chi connectivity index (χ0n) is 27.8. The zero-order valence-corrected chi connectivity index (χ0v) is 27.8. The van der Waals surface area contributed by atoms with Gasteiger partial charge in [-0.25, -0.2) is 4.79 Å². The second-order valence-corrected chi connectivity index (χ2v) is 12.0. The van der Waals surface area contributed by atoms with Crippen molar-refractivity contribution in [2.24, 2.45) is 0 Å². The lowest BCUT2D eigenvalue weighted by Crippen LogP contribution is -2.33. The molecule has 0 aromatic heterocycles. The highest BCUT2D eigenvalue weighted by Gasteiger charge is 2.38. The van der Waals surface area contributed by atoms with Crippen molar-refractivity contribution in [2.75, 3.05) is 32.7 Å². The van der Waals surface area contributed by atoms with Gasteiger partial charge in [-0.1, -0.05) is 91.0 Å². The fourth-order valence-electron chi connectivity index (χ4n) is 5.57. The van der Waals surface area contributed by atoms with Crippen molar-refractivity contribution in [3.63, 3.8) is 0 Å². The van der Waals surface area contributed by atoms with E-state index in [0.717, 1.165) is 54.7 Å². The van der Waals surface area contributed by atoms with E-state index in [-0.39, 0.29) is 11.8 Å². The summed E-state index contributed by atoms with van der Waals surface area (Å²) in [4.78, 5) is 39.5. The van der Waals surface area contributed by atoms with E-state index in [1.807, 2.05) is 77.7 Å². The fourth-order valence-corrected chi connectivity index (χ4v) is 5.57. The van der Waals surface area contributed by atoms with Gasteiger partial charge in [0.15, 0.2) is 0 Å². The molecule has 0 aliphatic carbocycles. The summed E-state index contributed by atoms with van der Waals surface area (Å²) in [5.74, 6) is -2.81. The van der Waals surface area contributed by atoms with Crippen LogP contribution in [0.25, 0.3) is 17.2 Å². The molecule has 2 amide bonds. The predicted molar refractivity (Wildman–Crippen MR) is 189 cm³/mol. The van der Waals surface area contributed by atoms with E-state index in [1.54, 1.807) is 6.08 Å². The fraction of sp³-hybridized carbons (Fsp3) is 0.275. The van der Waals surface area contributed by atoms with Crippen LogP contribution in [-0.4, -0.2) is 71.6 Å². The number of aliphatic carboxylic acids is 1. The molecule has 1 fully saturated rings. The molecule has 0 radical (unpaired) electrons. The number of carboxylic acid groups (broad SMARTS) is 1. The minimum absolute atomic E-state index is 0.00471. The summed E-state index contributed by atoms with van der Waals surface area (Å²) in [5.41, 5.74) is 6.01. The molecule has 1 saturated heterocycles. The largest absolute Gasteiger partial charge is 0.490 e. The van der Waals surface area contributed by atoms with Gasteiger partial charge in [-0.05, 0) is 90.9 Å². The number of alkyl halides is 3. The molecule has 4 aromatic carbocycles. The van der Waals surface area contributed by atoms with E-state index in [0.29, 0.717) is 25.2 Å². The smallest absolute Gasteiger partial charge is 0.475 e. The number of aryl methyl sites for hydroxylation is 1. The summed E-state index contributed by atoms with van der Waals surface area (Å²) in [7, 11) is 0. The number of likely N-dealkylation sites (tertiary alicyclic amines) is 1. The number of hydrogen-bond donors (Lipinski definition) is 2. The molecule has 4 aromatic rings. The minimum Gasteiger partial charge on any atom is -0.475 e. The van der Waals surface area contributed by atoms with Crippen LogP contribution >= 0.6 is 0 Å². The molecule has 0 spiro atoms. The molecule has 10 heteroatoms. The highest BCUT2D eigenvalue weighted by molar-refractivity contribution is 5.95. The number of rotatable bonds is 13. The van der Waals surface area contributed by atoms with Gasteiger partial charge in [0, 0.05) is 37.8 Å².